The van der Waals surface area contributed by atoms with Crippen molar-refractivity contribution >= 4 is 28.9 Å². The number of carbonyl (C=O) groups excluding carboxylic acids is 3. The highest BCUT2D eigenvalue weighted by molar-refractivity contribution is 6.24. The number of carbonyl (C=O) groups is 3. The van der Waals surface area contributed by atoms with Crippen LogP contribution in [0.25, 0.3) is 5.76 Å². The Morgan fingerprint density at radius 2 is 1.85 bits per heavy atom. The van der Waals surface area contributed by atoms with E-state index in [1.165, 1.54) is 4.90 Å². The number of aliphatic hydroxyl groups is 4. The van der Waals surface area contributed by atoms with Crippen molar-refractivity contribution in [3.63, 3.8) is 0 Å². The summed E-state index contributed by atoms with van der Waals surface area (Å²) in [4.78, 5) is 42.6. The van der Waals surface area contributed by atoms with Crippen LogP contribution in [0.4, 0.5) is 5.69 Å². The lowest BCUT2D eigenvalue weighted by Crippen LogP contribution is -2.65. The molecule has 3 aliphatic rings. The van der Waals surface area contributed by atoms with Crippen LogP contribution >= 0.6 is 0 Å². The number of Topliss-reactive ketones (excluding diaryl/α,β-unsaturated/α-hetero) is 2. The zero-order valence-electron chi connectivity index (χ0n) is 22.6. The van der Waals surface area contributed by atoms with Gasteiger partial charge in [0.05, 0.1) is 17.7 Å². The minimum absolute atomic E-state index is 0.0249. The summed E-state index contributed by atoms with van der Waals surface area (Å²) in [5, 5.41) is 58.0. The second-order valence-electron chi connectivity index (χ2n) is 11.1. The van der Waals surface area contributed by atoms with Crippen LogP contribution in [0.5, 0.6) is 5.75 Å². The molecule has 4 rings (SSSR count). The zero-order chi connectivity index (χ0) is 29.1. The van der Waals surface area contributed by atoms with E-state index in [2.05, 4.69) is 5.32 Å². The molecule has 3 unspecified atom stereocenters. The smallest absolute Gasteiger partial charge is 0.255 e. The van der Waals surface area contributed by atoms with E-state index in [1.807, 2.05) is 4.90 Å². The Morgan fingerprint density at radius 3 is 2.38 bits per heavy atom. The fourth-order valence-electron chi connectivity index (χ4n) is 6.30. The molecule has 3 aliphatic carbocycles. The van der Waals surface area contributed by atoms with Crippen molar-refractivity contribution < 1.29 is 39.9 Å². The van der Waals surface area contributed by atoms with Crippen LogP contribution in [0.3, 0.4) is 0 Å². The number of benzene rings is 1. The van der Waals surface area contributed by atoms with Crippen molar-refractivity contribution in [1.29, 1.82) is 0 Å². The average molecular weight is 545 g/mol. The van der Waals surface area contributed by atoms with Gasteiger partial charge in [-0.05, 0) is 51.4 Å². The SMILES string of the molecule is CC(O)CNCc1cc(N(C)C)c2c(c1O)C(O)=C1C(=O)[C@]3(O)C(O)=C(C(N)=O)C(=O)C(N(C)C)[C@@H]3CC1C2. The van der Waals surface area contributed by atoms with Gasteiger partial charge in [0, 0.05) is 49.9 Å². The number of primary amides is 1. The molecule has 1 amide bonds. The molecule has 1 saturated carbocycles. The lowest BCUT2D eigenvalue weighted by atomic mass is 9.57. The highest BCUT2D eigenvalue weighted by atomic mass is 16.3. The highest BCUT2D eigenvalue weighted by Gasteiger charge is 2.64. The van der Waals surface area contributed by atoms with Gasteiger partial charge in [0.25, 0.3) is 5.91 Å². The summed E-state index contributed by atoms with van der Waals surface area (Å²) in [5.41, 5.74) is 3.36. The number of rotatable bonds is 7. The Balaban J connectivity index is 1.93. The van der Waals surface area contributed by atoms with E-state index in [-0.39, 0.29) is 42.8 Å². The summed E-state index contributed by atoms with van der Waals surface area (Å²) >= 11 is 0. The number of nitrogens with zero attached hydrogens (tertiary/aromatic N) is 2. The molecule has 8 N–H and O–H groups in total. The number of anilines is 1. The van der Waals surface area contributed by atoms with E-state index in [9.17, 15) is 39.9 Å². The average Bonchev–Trinajstić information content (AvgIpc) is 2.81. The third-order valence-electron chi connectivity index (χ3n) is 8.01. The molecule has 1 aromatic carbocycles. The summed E-state index contributed by atoms with van der Waals surface area (Å²) in [5.74, 6) is -6.81. The van der Waals surface area contributed by atoms with Gasteiger partial charge in [0.2, 0.25) is 5.78 Å². The molecular weight excluding hydrogens is 508 g/mol. The summed E-state index contributed by atoms with van der Waals surface area (Å²) < 4.78 is 0. The van der Waals surface area contributed by atoms with Crippen molar-refractivity contribution in [2.75, 3.05) is 39.6 Å². The topological polar surface area (TPSA) is 197 Å². The predicted molar refractivity (Wildman–Crippen MR) is 142 cm³/mol. The third kappa shape index (κ3) is 4.27. The molecule has 1 aromatic rings. The number of nitrogens with two attached hydrogens (primary N) is 1. The molecule has 12 heteroatoms. The summed E-state index contributed by atoms with van der Waals surface area (Å²) in [7, 11) is 6.72. The maximum atomic E-state index is 14.0. The van der Waals surface area contributed by atoms with Crippen molar-refractivity contribution in [3.05, 3.63) is 39.7 Å². The Morgan fingerprint density at radius 1 is 1.21 bits per heavy atom. The second kappa shape index (κ2) is 9.94. The van der Waals surface area contributed by atoms with Gasteiger partial charge >= 0.3 is 0 Å². The number of hydrogen-bond donors (Lipinski definition) is 7. The standard InChI is InChI=1S/C27H36N4O8/c1-11(32)9-29-10-13-8-16(30(2)3)14-6-12-7-15-20(31(4)5)23(35)19(26(28)38)25(37)27(15,39)24(36)17(12)22(34)18(14)21(13)33/h8,11-12,15,20,29,32-34,37,39H,6-7,9-10H2,1-5H3,(H2,28,38)/t11?,12?,15-,20?,27-/m0/s1. The Labute approximate surface area is 226 Å². The number of hydrogen-bond acceptors (Lipinski definition) is 11. The molecule has 212 valence electrons. The van der Waals surface area contributed by atoms with Crippen molar-refractivity contribution in [1.82, 2.24) is 10.2 Å². The van der Waals surface area contributed by atoms with Gasteiger partial charge in [-0.3, -0.25) is 19.3 Å². The van der Waals surface area contributed by atoms with E-state index >= 15 is 0 Å². The molecular formula is C27H36N4O8. The Bertz CT molecular complexity index is 1320. The van der Waals surface area contributed by atoms with Crippen LogP contribution in [0, 0.1) is 11.8 Å². The Hall–Kier alpha value is -3.45. The molecule has 0 heterocycles. The van der Waals surface area contributed by atoms with Gasteiger partial charge in [-0.2, -0.15) is 0 Å². The molecule has 39 heavy (non-hydrogen) atoms. The monoisotopic (exact) mass is 544 g/mol. The van der Waals surface area contributed by atoms with Gasteiger partial charge in [-0.15, -0.1) is 0 Å². The summed E-state index contributed by atoms with van der Waals surface area (Å²) in [6.07, 6.45) is -0.393. The van der Waals surface area contributed by atoms with Crippen LogP contribution in [-0.4, -0.2) is 100 Å². The number of likely N-dealkylation sites (N-methyl/N-ethyl adjacent to an activating group) is 1. The third-order valence-corrected chi connectivity index (χ3v) is 8.01. The van der Waals surface area contributed by atoms with Crippen LogP contribution in [-0.2, 0) is 27.3 Å². The van der Waals surface area contributed by atoms with Gasteiger partial charge in [-0.25, -0.2) is 0 Å². The van der Waals surface area contributed by atoms with Crippen molar-refractivity contribution in [2.45, 2.75) is 44.1 Å². The molecule has 12 nitrogen and oxygen atoms in total. The predicted octanol–water partition coefficient (Wildman–Crippen LogP) is -0.500. The zero-order valence-corrected chi connectivity index (χ0v) is 22.6. The van der Waals surface area contributed by atoms with Crippen molar-refractivity contribution in [3.8, 4) is 5.75 Å². The molecule has 0 aromatic heterocycles. The van der Waals surface area contributed by atoms with Gasteiger partial charge < -0.3 is 41.5 Å². The second-order valence-corrected chi connectivity index (χ2v) is 11.1. The van der Waals surface area contributed by atoms with E-state index in [0.29, 0.717) is 16.8 Å². The number of phenolic OH excluding ortho intramolecular Hbond substituents is 1. The number of aromatic hydroxyl groups is 1. The fraction of sp³-hybridized carbons (Fsp3) is 0.519. The first-order valence-electron chi connectivity index (χ1n) is 12.7. The van der Waals surface area contributed by atoms with E-state index < -0.39 is 64.1 Å². The first-order chi connectivity index (χ1) is 18.1. The molecule has 0 spiro atoms. The number of aliphatic hydroxyl groups excluding tert-OH is 3. The first kappa shape index (κ1) is 28.6. The van der Waals surface area contributed by atoms with Crippen LogP contribution in [0.2, 0.25) is 0 Å². The number of ketones is 2. The fourth-order valence-corrected chi connectivity index (χ4v) is 6.30. The minimum Gasteiger partial charge on any atom is -0.508 e. The van der Waals surface area contributed by atoms with Gasteiger partial charge in [0.15, 0.2) is 11.4 Å². The Kier molecular flexibility index (Phi) is 7.28. The number of fused-ring (bicyclic) bond motifs is 3. The quantitative estimate of drug-likeness (QED) is 0.219. The first-order valence-corrected chi connectivity index (χ1v) is 12.7. The lowest BCUT2D eigenvalue weighted by Gasteiger charge is -2.50. The molecule has 1 fully saturated rings. The van der Waals surface area contributed by atoms with Crippen LogP contribution in [0.1, 0.15) is 30.0 Å². The largest absolute Gasteiger partial charge is 0.508 e. The molecule has 0 saturated heterocycles. The number of amides is 1. The molecule has 0 radical (unpaired) electrons. The van der Waals surface area contributed by atoms with Gasteiger partial charge in [0.1, 0.15) is 22.8 Å². The minimum atomic E-state index is -2.68. The number of phenols is 1. The van der Waals surface area contributed by atoms with Crippen molar-refractivity contribution in [2.24, 2.45) is 17.6 Å². The maximum Gasteiger partial charge on any atom is 0.255 e. The molecule has 5 atom stereocenters. The highest BCUT2D eigenvalue weighted by Crippen LogP contribution is 2.54. The maximum absolute atomic E-state index is 14.0. The van der Waals surface area contributed by atoms with E-state index in [1.54, 1.807) is 41.2 Å². The van der Waals surface area contributed by atoms with Crippen LogP contribution in [0.15, 0.2) is 23.0 Å². The normalized spacial score (nSPS) is 27.3. The summed E-state index contributed by atoms with van der Waals surface area (Å²) in [6.45, 7) is 2.03. The molecule has 0 aliphatic heterocycles. The van der Waals surface area contributed by atoms with E-state index in [4.69, 9.17) is 5.73 Å². The molecule has 0 bridgehead atoms. The lowest BCUT2D eigenvalue weighted by molar-refractivity contribution is -0.153. The van der Waals surface area contributed by atoms with Gasteiger partial charge in [-0.1, -0.05) is 0 Å². The van der Waals surface area contributed by atoms with E-state index in [0.717, 1.165) is 0 Å². The number of nitrogens with one attached hydrogen (secondary N) is 1. The van der Waals surface area contributed by atoms with Crippen LogP contribution < -0.4 is 16.0 Å². The summed E-state index contributed by atoms with van der Waals surface area (Å²) in [6, 6.07) is 0.634.